The summed E-state index contributed by atoms with van der Waals surface area (Å²) in [6, 6.07) is 9.76. The van der Waals surface area contributed by atoms with Crippen molar-refractivity contribution < 1.29 is 19.1 Å². The minimum atomic E-state index is -0.711. The summed E-state index contributed by atoms with van der Waals surface area (Å²) in [5, 5.41) is 18.5. The van der Waals surface area contributed by atoms with E-state index >= 15 is 0 Å². The van der Waals surface area contributed by atoms with E-state index in [1.807, 2.05) is 78.1 Å². The number of fused-ring (bicyclic) bond motifs is 1. The molecule has 0 bridgehead atoms. The molecule has 0 spiro atoms. The number of ether oxygens (including phenoxy) is 2. The van der Waals surface area contributed by atoms with E-state index in [4.69, 9.17) is 14.7 Å². The zero-order chi connectivity index (χ0) is 32.4. The summed E-state index contributed by atoms with van der Waals surface area (Å²) >= 11 is -0.308. The van der Waals surface area contributed by atoms with E-state index in [1.165, 1.54) is 0 Å². The second-order valence-corrected chi connectivity index (χ2v) is 15.2. The van der Waals surface area contributed by atoms with Crippen LogP contribution >= 0.6 is 0 Å². The number of benzene rings is 1. The van der Waals surface area contributed by atoms with Crippen LogP contribution in [0.15, 0.2) is 48.9 Å². The van der Waals surface area contributed by atoms with Crippen LogP contribution < -0.4 is 4.46 Å². The second-order valence-electron chi connectivity index (χ2n) is 13.4. The number of nitrogens with zero attached hydrogens (tertiary/aromatic N) is 7. The summed E-state index contributed by atoms with van der Waals surface area (Å²) in [7, 11) is 0. The van der Waals surface area contributed by atoms with Gasteiger partial charge in [0.05, 0.1) is 6.54 Å². The smallest absolute Gasteiger partial charge is 0.443 e. The molecule has 1 aromatic carbocycles. The summed E-state index contributed by atoms with van der Waals surface area (Å²) in [6.45, 7) is 12.3. The Balaban J connectivity index is 1.46. The zero-order valence-corrected chi connectivity index (χ0v) is 28.3. The van der Waals surface area contributed by atoms with E-state index in [0.29, 0.717) is 35.9 Å². The van der Waals surface area contributed by atoms with Gasteiger partial charge in [0.1, 0.15) is 11.2 Å². The summed E-state index contributed by atoms with van der Waals surface area (Å²) in [6.07, 6.45) is 7.64. The van der Waals surface area contributed by atoms with E-state index in [9.17, 15) is 9.59 Å². The molecule has 1 aliphatic rings. The molecule has 3 aromatic heterocycles. The van der Waals surface area contributed by atoms with Crippen LogP contribution in [0.2, 0.25) is 0 Å². The maximum absolute atomic E-state index is 13.7. The molecule has 1 fully saturated rings. The van der Waals surface area contributed by atoms with Gasteiger partial charge in [0.2, 0.25) is 0 Å². The number of carbonyl (C=O) groups is 2. The van der Waals surface area contributed by atoms with Crippen LogP contribution in [-0.4, -0.2) is 74.3 Å². The van der Waals surface area contributed by atoms with Crippen LogP contribution in [0, 0.1) is 16.1 Å². The zero-order valence-electron chi connectivity index (χ0n) is 26.6. The van der Waals surface area contributed by atoms with Crippen LogP contribution in [0.25, 0.3) is 22.2 Å². The van der Waals surface area contributed by atoms with E-state index in [1.54, 1.807) is 26.5 Å². The number of rotatable bonds is 8. The average Bonchev–Trinajstić information content (AvgIpc) is 3.52. The minimum Gasteiger partial charge on any atom is -0.443 e. The molecule has 11 nitrogen and oxygen atoms in total. The molecule has 0 aliphatic heterocycles. The molecule has 0 saturated heterocycles. The van der Waals surface area contributed by atoms with Gasteiger partial charge in [0.25, 0.3) is 0 Å². The third-order valence-electron chi connectivity index (χ3n) is 7.28. The first-order valence-electron chi connectivity index (χ1n) is 15.0. The summed E-state index contributed by atoms with van der Waals surface area (Å²) in [4.78, 5) is 35.2. The van der Waals surface area contributed by atoms with E-state index in [0.717, 1.165) is 40.2 Å². The molecule has 0 atom stereocenters. The Hall–Kier alpha value is -4.20. The SMILES string of the molecule is CC(C)(C)OC(=O)N(Cc1cc2ccc(Cn3cc(-c4cncc([Se]C#N)c4)nn3)cc2n1C(=O)OC(C)(C)C)CC1CCC1. The topological polar surface area (TPSA) is 128 Å². The Morgan fingerprint density at radius 1 is 1.07 bits per heavy atom. The van der Waals surface area contributed by atoms with Crippen molar-refractivity contribution in [2.75, 3.05) is 6.54 Å². The number of amides is 1. The molecule has 0 radical (unpaired) electrons. The minimum absolute atomic E-state index is 0.210. The van der Waals surface area contributed by atoms with Crippen molar-refractivity contribution in [1.29, 1.82) is 5.26 Å². The van der Waals surface area contributed by atoms with Gasteiger partial charge in [-0.3, -0.25) is 0 Å². The summed E-state index contributed by atoms with van der Waals surface area (Å²) in [5.74, 6) is 0.418. The number of hydrogen-bond acceptors (Lipinski definition) is 8. The Bertz CT molecular complexity index is 1740. The molecule has 1 amide bonds. The molecular weight excluding hydrogens is 637 g/mol. The van der Waals surface area contributed by atoms with Gasteiger partial charge in [-0.25, -0.2) is 9.59 Å². The van der Waals surface area contributed by atoms with Crippen molar-refractivity contribution >= 4 is 42.5 Å². The van der Waals surface area contributed by atoms with Gasteiger partial charge in [0.15, 0.2) is 0 Å². The molecule has 4 aromatic rings. The van der Waals surface area contributed by atoms with Gasteiger partial charge in [-0.1, -0.05) is 6.42 Å². The van der Waals surface area contributed by atoms with Crippen LogP contribution in [0.1, 0.15) is 72.1 Å². The van der Waals surface area contributed by atoms with Gasteiger partial charge in [-0.05, 0) is 60.3 Å². The van der Waals surface area contributed by atoms with Crippen LogP contribution in [0.3, 0.4) is 0 Å². The fourth-order valence-corrected chi connectivity index (χ4v) is 5.97. The molecule has 3 heterocycles. The molecular formula is C33H39N7O4Se. The Labute approximate surface area is 269 Å². The standard InChI is InChI=1S/C33H39N7O4Se/c1-32(2,3)43-30(41)38(17-22-8-7-9-22)19-26-13-24-11-10-23(12-29(24)40(26)31(42)44-33(4,5)6)18-39-20-28(36-37-39)25-14-27(45-21-34)16-35-15-25/h10-16,20,22H,7-9,17-19H2,1-6H3. The van der Waals surface area contributed by atoms with Crippen LogP contribution in [0.5, 0.6) is 0 Å². The number of carbonyl (C=O) groups excluding carboxylic acids is 2. The van der Waals surface area contributed by atoms with E-state index < -0.39 is 23.4 Å². The number of hydrogen-bond donors (Lipinski definition) is 0. The molecule has 45 heavy (non-hydrogen) atoms. The molecule has 236 valence electrons. The monoisotopic (exact) mass is 677 g/mol. The predicted octanol–water partition coefficient (Wildman–Crippen LogP) is 5.47. The molecule has 0 N–H and O–H groups in total. The van der Waals surface area contributed by atoms with Gasteiger partial charge >= 0.3 is 155 Å². The Morgan fingerprint density at radius 3 is 2.49 bits per heavy atom. The van der Waals surface area contributed by atoms with Crippen molar-refractivity contribution in [3.05, 3.63) is 60.2 Å². The third kappa shape index (κ3) is 8.29. The third-order valence-corrected chi connectivity index (χ3v) is 8.44. The first-order valence-corrected chi connectivity index (χ1v) is 16.8. The number of nitriles is 1. The summed E-state index contributed by atoms with van der Waals surface area (Å²) in [5.41, 5.74) is 2.35. The van der Waals surface area contributed by atoms with E-state index in [2.05, 4.69) is 20.3 Å². The number of aromatic nitrogens is 5. The normalized spacial score (nSPS) is 13.7. The van der Waals surface area contributed by atoms with Crippen molar-refractivity contribution in [3.63, 3.8) is 0 Å². The maximum atomic E-state index is 13.7. The van der Waals surface area contributed by atoms with Crippen molar-refractivity contribution in [2.24, 2.45) is 5.92 Å². The van der Waals surface area contributed by atoms with Gasteiger partial charge in [-0.2, -0.15) is 0 Å². The van der Waals surface area contributed by atoms with Crippen molar-refractivity contribution in [2.45, 2.75) is 85.1 Å². The summed E-state index contributed by atoms with van der Waals surface area (Å²) < 4.78 is 15.8. The fraction of sp³-hybridized carbons (Fsp3) is 0.455. The van der Waals surface area contributed by atoms with Crippen molar-refractivity contribution in [1.82, 2.24) is 29.4 Å². The van der Waals surface area contributed by atoms with Gasteiger partial charge in [0, 0.05) is 6.54 Å². The first-order chi connectivity index (χ1) is 21.3. The second kappa shape index (κ2) is 13.0. The Kier molecular flexibility index (Phi) is 9.33. The quantitative estimate of drug-likeness (QED) is 0.225. The predicted molar refractivity (Wildman–Crippen MR) is 171 cm³/mol. The number of pyridine rings is 1. The molecule has 0 unspecified atom stereocenters. The average molecular weight is 677 g/mol. The molecule has 1 saturated carbocycles. The molecule has 12 heteroatoms. The van der Waals surface area contributed by atoms with Crippen LogP contribution in [-0.2, 0) is 22.6 Å². The first kappa shape index (κ1) is 32.2. The molecule has 5 rings (SSSR count). The van der Waals surface area contributed by atoms with Crippen molar-refractivity contribution in [3.8, 4) is 16.2 Å². The van der Waals surface area contributed by atoms with Gasteiger partial charge < -0.3 is 14.4 Å². The molecule has 1 aliphatic carbocycles. The van der Waals surface area contributed by atoms with Crippen LogP contribution in [0.4, 0.5) is 9.59 Å². The van der Waals surface area contributed by atoms with Gasteiger partial charge in [-0.15, -0.1) is 0 Å². The fourth-order valence-electron chi connectivity index (χ4n) is 5.12. The Morgan fingerprint density at radius 2 is 1.82 bits per heavy atom. The van der Waals surface area contributed by atoms with E-state index in [-0.39, 0.29) is 21.5 Å².